The van der Waals surface area contributed by atoms with Crippen molar-refractivity contribution in [1.82, 2.24) is 9.80 Å². The van der Waals surface area contributed by atoms with Crippen molar-refractivity contribution in [1.29, 1.82) is 0 Å². The van der Waals surface area contributed by atoms with Gasteiger partial charge < -0.3 is 5.11 Å². The Kier molecular flexibility index (Phi) is 5.33. The van der Waals surface area contributed by atoms with Gasteiger partial charge in [0.05, 0.1) is 19.0 Å². The van der Waals surface area contributed by atoms with Crippen molar-refractivity contribution < 1.29 is 19.5 Å². The Balaban J connectivity index is 2.09. The molecule has 1 atom stereocenters. The number of hydrogen-bond acceptors (Lipinski definition) is 4. The molecule has 0 aromatic carbocycles. The maximum absolute atomic E-state index is 12.6. The number of carbonyl (C=O) groups excluding carboxylic acids is 2. The summed E-state index contributed by atoms with van der Waals surface area (Å²) >= 11 is 0. The van der Waals surface area contributed by atoms with Gasteiger partial charge >= 0.3 is 5.97 Å². The molecule has 0 aromatic rings. The van der Waals surface area contributed by atoms with Crippen LogP contribution in [0.5, 0.6) is 0 Å². The minimum Gasteiger partial charge on any atom is -0.480 e. The van der Waals surface area contributed by atoms with Gasteiger partial charge in [-0.2, -0.15) is 0 Å². The average Bonchev–Trinajstić information content (AvgIpc) is 2.64. The Hall–Kier alpha value is -1.43. The molecule has 2 fully saturated rings. The van der Waals surface area contributed by atoms with Gasteiger partial charge in [0.15, 0.2) is 0 Å². The maximum atomic E-state index is 12.6. The minimum atomic E-state index is -0.968. The second-order valence-corrected chi connectivity index (χ2v) is 5.92. The van der Waals surface area contributed by atoms with Crippen LogP contribution >= 0.6 is 0 Å². The van der Waals surface area contributed by atoms with Crippen LogP contribution < -0.4 is 0 Å². The summed E-state index contributed by atoms with van der Waals surface area (Å²) in [7, 11) is 0. The van der Waals surface area contributed by atoms with Gasteiger partial charge in [0.25, 0.3) is 0 Å². The molecular weight excluding hydrogens is 272 g/mol. The van der Waals surface area contributed by atoms with Crippen molar-refractivity contribution in [2.75, 3.05) is 13.1 Å². The van der Waals surface area contributed by atoms with Crippen LogP contribution in [0, 0.1) is 0 Å². The summed E-state index contributed by atoms with van der Waals surface area (Å²) in [6.45, 7) is 2.07. The zero-order valence-corrected chi connectivity index (χ0v) is 12.6. The lowest BCUT2D eigenvalue weighted by atomic mass is 10.1. The molecule has 1 heterocycles. The molecule has 2 rings (SSSR count). The van der Waals surface area contributed by atoms with Crippen LogP contribution in [0.2, 0.25) is 0 Å². The third-order valence-electron chi connectivity index (χ3n) is 4.53. The van der Waals surface area contributed by atoms with E-state index in [2.05, 4.69) is 0 Å². The number of carboxylic acids is 1. The third-order valence-corrected chi connectivity index (χ3v) is 4.53. The molecule has 6 nitrogen and oxygen atoms in total. The second-order valence-electron chi connectivity index (χ2n) is 5.92. The molecule has 0 radical (unpaired) electrons. The van der Waals surface area contributed by atoms with E-state index >= 15 is 0 Å². The molecule has 1 N–H and O–H groups in total. The summed E-state index contributed by atoms with van der Waals surface area (Å²) in [5.41, 5.74) is 0. The molecule has 21 heavy (non-hydrogen) atoms. The molecule has 1 unspecified atom stereocenters. The second kappa shape index (κ2) is 7.02. The van der Waals surface area contributed by atoms with Gasteiger partial charge in [-0.15, -0.1) is 0 Å². The van der Waals surface area contributed by atoms with E-state index in [1.807, 2.05) is 6.92 Å². The van der Waals surface area contributed by atoms with Crippen LogP contribution in [-0.4, -0.2) is 57.9 Å². The molecule has 6 heteroatoms. The highest BCUT2D eigenvalue weighted by Crippen LogP contribution is 2.28. The summed E-state index contributed by atoms with van der Waals surface area (Å²) < 4.78 is 0. The van der Waals surface area contributed by atoms with Crippen LogP contribution in [0.15, 0.2) is 0 Å². The largest absolute Gasteiger partial charge is 0.480 e. The van der Waals surface area contributed by atoms with E-state index in [1.54, 1.807) is 4.90 Å². The highest BCUT2D eigenvalue weighted by molar-refractivity contribution is 6.06. The zero-order chi connectivity index (χ0) is 15.4. The van der Waals surface area contributed by atoms with Crippen LogP contribution in [0.1, 0.15) is 51.9 Å². The predicted molar refractivity (Wildman–Crippen MR) is 76.6 cm³/mol. The van der Waals surface area contributed by atoms with Gasteiger partial charge in [-0.25, -0.2) is 0 Å². The van der Waals surface area contributed by atoms with Crippen molar-refractivity contribution in [2.24, 2.45) is 0 Å². The first kappa shape index (κ1) is 15.9. The minimum absolute atomic E-state index is 0.0148. The smallest absolute Gasteiger partial charge is 0.317 e. The Morgan fingerprint density at radius 2 is 1.86 bits per heavy atom. The quantitative estimate of drug-likeness (QED) is 0.610. The highest BCUT2D eigenvalue weighted by atomic mass is 16.4. The number of likely N-dealkylation sites (tertiary alicyclic amines) is 1. The van der Waals surface area contributed by atoms with Crippen molar-refractivity contribution in [2.45, 2.75) is 64.0 Å². The van der Waals surface area contributed by atoms with Crippen molar-refractivity contribution in [3.05, 3.63) is 0 Å². The van der Waals surface area contributed by atoms with E-state index in [-0.39, 0.29) is 30.8 Å². The van der Waals surface area contributed by atoms with Gasteiger partial charge in [0, 0.05) is 6.04 Å². The van der Waals surface area contributed by atoms with Gasteiger partial charge in [-0.1, -0.05) is 32.6 Å². The van der Waals surface area contributed by atoms with Crippen molar-refractivity contribution in [3.63, 3.8) is 0 Å². The van der Waals surface area contributed by atoms with E-state index in [0.717, 1.165) is 38.5 Å². The summed E-state index contributed by atoms with van der Waals surface area (Å²) in [5, 5.41) is 8.93. The maximum Gasteiger partial charge on any atom is 0.317 e. The van der Waals surface area contributed by atoms with Crippen LogP contribution in [0.3, 0.4) is 0 Å². The molecule has 2 aliphatic rings. The average molecular weight is 296 g/mol. The first-order chi connectivity index (χ1) is 10.0. The molecule has 118 valence electrons. The number of nitrogens with zero attached hydrogens (tertiary/aromatic N) is 2. The monoisotopic (exact) mass is 296 g/mol. The molecule has 1 saturated heterocycles. The van der Waals surface area contributed by atoms with Gasteiger partial charge in [0.2, 0.25) is 11.8 Å². The first-order valence-corrected chi connectivity index (χ1v) is 7.86. The molecule has 1 saturated carbocycles. The van der Waals surface area contributed by atoms with Gasteiger partial charge in [0.1, 0.15) is 0 Å². The van der Waals surface area contributed by atoms with Crippen LogP contribution in [0.25, 0.3) is 0 Å². The Morgan fingerprint density at radius 1 is 1.24 bits per heavy atom. The lowest BCUT2D eigenvalue weighted by molar-refractivity contribution is -0.143. The number of carbonyl (C=O) groups is 3. The Labute approximate surface area is 125 Å². The Morgan fingerprint density at radius 3 is 2.38 bits per heavy atom. The summed E-state index contributed by atoms with van der Waals surface area (Å²) in [6, 6.07) is -0.581. The van der Waals surface area contributed by atoms with Gasteiger partial charge in [-0.05, 0) is 19.4 Å². The third kappa shape index (κ3) is 3.61. The molecule has 0 aromatic heterocycles. The number of likely N-dealkylation sites (N-methyl/N-ethyl adjacent to an activating group) is 1. The normalized spacial score (nSPS) is 24.7. The van der Waals surface area contributed by atoms with E-state index in [4.69, 9.17) is 5.11 Å². The van der Waals surface area contributed by atoms with Gasteiger partial charge in [-0.3, -0.25) is 24.2 Å². The highest BCUT2D eigenvalue weighted by Gasteiger charge is 2.44. The molecule has 1 aliphatic carbocycles. The summed E-state index contributed by atoms with van der Waals surface area (Å²) in [6.07, 6.45) is 6.32. The Bertz CT molecular complexity index is 416. The number of aliphatic carboxylic acids is 1. The zero-order valence-electron chi connectivity index (χ0n) is 12.6. The lowest BCUT2D eigenvalue weighted by Crippen LogP contribution is -2.46. The van der Waals surface area contributed by atoms with Crippen molar-refractivity contribution >= 4 is 17.8 Å². The van der Waals surface area contributed by atoms with Crippen LogP contribution in [0.4, 0.5) is 0 Å². The van der Waals surface area contributed by atoms with Crippen LogP contribution in [-0.2, 0) is 14.4 Å². The number of rotatable bonds is 5. The molecule has 0 bridgehead atoms. The molecule has 0 spiro atoms. The fraction of sp³-hybridized carbons (Fsp3) is 0.800. The number of imide groups is 1. The predicted octanol–water partition coefficient (Wildman–Crippen LogP) is 1.24. The van der Waals surface area contributed by atoms with E-state index in [9.17, 15) is 14.4 Å². The summed E-state index contributed by atoms with van der Waals surface area (Å²) in [4.78, 5) is 38.7. The topological polar surface area (TPSA) is 77.9 Å². The first-order valence-electron chi connectivity index (χ1n) is 7.86. The van der Waals surface area contributed by atoms with E-state index in [1.165, 1.54) is 4.90 Å². The lowest BCUT2D eigenvalue weighted by Gasteiger charge is -2.28. The SMILES string of the molecule is CCN(CC(=O)O)C1CC(=O)N(C2CCCCCC2)C1=O. The van der Waals surface area contributed by atoms with Crippen molar-refractivity contribution in [3.8, 4) is 0 Å². The standard InChI is InChI=1S/C15H24N2O4/c1-2-16(10-14(19)20)12-9-13(18)17(15(12)21)11-7-5-3-4-6-8-11/h11-12H,2-10H2,1H3,(H,19,20). The molecular formula is C15H24N2O4. The fourth-order valence-electron chi connectivity index (χ4n) is 3.44. The number of carboxylic acid groups (broad SMARTS) is 1. The fourth-order valence-corrected chi connectivity index (χ4v) is 3.44. The number of hydrogen-bond donors (Lipinski definition) is 1. The van der Waals surface area contributed by atoms with E-state index in [0.29, 0.717) is 6.54 Å². The molecule has 2 amide bonds. The molecule has 1 aliphatic heterocycles. The van der Waals surface area contributed by atoms with E-state index < -0.39 is 12.0 Å². The summed E-state index contributed by atoms with van der Waals surface area (Å²) in [5.74, 6) is -1.30. The number of amides is 2.